The summed E-state index contributed by atoms with van der Waals surface area (Å²) in [5, 5.41) is 26.3. The number of fused-ring (bicyclic) bond motifs is 1. The lowest BCUT2D eigenvalue weighted by Crippen LogP contribution is -2.47. The Kier molecular flexibility index (Phi) is 6.08. The van der Waals surface area contributed by atoms with Crippen molar-refractivity contribution < 1.29 is 10.2 Å². The minimum Gasteiger partial charge on any atom is -0.393 e. The monoisotopic (exact) mass is 401 g/mol. The number of nitrogens with one attached hydrogen (secondary N) is 2. The summed E-state index contributed by atoms with van der Waals surface area (Å²) >= 11 is 0. The lowest BCUT2D eigenvalue weighted by atomic mass is 9.70. The van der Waals surface area contributed by atoms with E-state index in [1.54, 1.807) is 6.33 Å². The highest BCUT2D eigenvalue weighted by atomic mass is 16.3. The van der Waals surface area contributed by atoms with E-state index in [4.69, 9.17) is 0 Å². The quantitative estimate of drug-likeness (QED) is 0.593. The Hall–Kier alpha value is -1.70. The molecule has 29 heavy (non-hydrogen) atoms. The molecule has 4 rings (SSSR count). The van der Waals surface area contributed by atoms with Gasteiger partial charge in [0, 0.05) is 19.3 Å². The third-order valence-corrected chi connectivity index (χ3v) is 7.26. The van der Waals surface area contributed by atoms with Gasteiger partial charge in [0.05, 0.1) is 17.1 Å². The number of H-pyrrole nitrogens is 1. The lowest BCUT2D eigenvalue weighted by Gasteiger charge is -2.43. The van der Waals surface area contributed by atoms with Crippen LogP contribution in [0, 0.1) is 17.8 Å². The summed E-state index contributed by atoms with van der Waals surface area (Å²) in [6.07, 6.45) is 7.85. The zero-order chi connectivity index (χ0) is 20.4. The van der Waals surface area contributed by atoms with Crippen molar-refractivity contribution in [3.8, 4) is 0 Å². The molecular weight excluding hydrogens is 366 g/mol. The number of aliphatic hydroxyl groups is 2. The van der Waals surface area contributed by atoms with Gasteiger partial charge in [-0.25, -0.2) is 9.97 Å². The highest BCUT2D eigenvalue weighted by Crippen LogP contribution is 2.39. The fourth-order valence-corrected chi connectivity index (χ4v) is 5.47. The zero-order valence-electron chi connectivity index (χ0n) is 17.6. The van der Waals surface area contributed by atoms with E-state index in [-0.39, 0.29) is 17.9 Å². The van der Waals surface area contributed by atoms with Gasteiger partial charge in [0.15, 0.2) is 0 Å². The SMILES string of the molecule is CC(O)C(CC(C)(O)C1CCN(c2ncnc3[nH]ccc23)CC1)C1CCNCC1. The van der Waals surface area contributed by atoms with Crippen LogP contribution in [0.4, 0.5) is 5.82 Å². The first-order valence-electron chi connectivity index (χ1n) is 11.1. The van der Waals surface area contributed by atoms with Gasteiger partial charge in [0.1, 0.15) is 17.8 Å². The molecule has 7 nitrogen and oxygen atoms in total. The van der Waals surface area contributed by atoms with E-state index in [0.29, 0.717) is 12.3 Å². The second-order valence-corrected chi connectivity index (χ2v) is 9.25. The van der Waals surface area contributed by atoms with E-state index in [0.717, 1.165) is 68.7 Å². The van der Waals surface area contributed by atoms with Gasteiger partial charge in [-0.15, -0.1) is 0 Å². The summed E-state index contributed by atoms with van der Waals surface area (Å²) in [5.74, 6) is 1.87. The van der Waals surface area contributed by atoms with Gasteiger partial charge in [-0.05, 0) is 82.9 Å². The van der Waals surface area contributed by atoms with Crippen molar-refractivity contribution in [1.29, 1.82) is 0 Å². The zero-order valence-corrected chi connectivity index (χ0v) is 17.6. The van der Waals surface area contributed by atoms with Crippen LogP contribution in [0.3, 0.4) is 0 Å². The molecule has 160 valence electrons. The summed E-state index contributed by atoms with van der Waals surface area (Å²) in [7, 11) is 0. The van der Waals surface area contributed by atoms with Crippen molar-refractivity contribution in [3.63, 3.8) is 0 Å². The highest BCUT2D eigenvalue weighted by molar-refractivity contribution is 5.87. The first kappa shape index (κ1) is 20.6. The van der Waals surface area contributed by atoms with Crippen molar-refractivity contribution in [3.05, 3.63) is 18.6 Å². The van der Waals surface area contributed by atoms with Crippen molar-refractivity contribution >= 4 is 16.9 Å². The Bertz CT molecular complexity index is 791. The second-order valence-electron chi connectivity index (χ2n) is 9.25. The minimum absolute atomic E-state index is 0.159. The van der Waals surface area contributed by atoms with E-state index in [1.165, 1.54) is 0 Å². The van der Waals surface area contributed by atoms with Gasteiger partial charge in [0.25, 0.3) is 0 Å². The summed E-state index contributed by atoms with van der Waals surface area (Å²) in [6.45, 7) is 7.67. The third kappa shape index (κ3) is 4.42. The maximum Gasteiger partial charge on any atom is 0.142 e. The van der Waals surface area contributed by atoms with Crippen LogP contribution in [0.5, 0.6) is 0 Å². The minimum atomic E-state index is -0.756. The van der Waals surface area contributed by atoms with Crippen molar-refractivity contribution in [2.24, 2.45) is 17.8 Å². The van der Waals surface area contributed by atoms with E-state index < -0.39 is 5.60 Å². The number of hydrogen-bond acceptors (Lipinski definition) is 6. The van der Waals surface area contributed by atoms with E-state index in [1.807, 2.05) is 26.1 Å². The lowest BCUT2D eigenvalue weighted by molar-refractivity contribution is -0.0605. The van der Waals surface area contributed by atoms with E-state index >= 15 is 0 Å². The summed E-state index contributed by atoms with van der Waals surface area (Å²) in [6, 6.07) is 2.03. The normalized spacial score (nSPS) is 23.8. The molecule has 4 N–H and O–H groups in total. The molecule has 2 saturated heterocycles. The predicted molar refractivity (Wildman–Crippen MR) is 115 cm³/mol. The topological polar surface area (TPSA) is 97.3 Å². The number of hydrogen-bond donors (Lipinski definition) is 4. The van der Waals surface area contributed by atoms with Crippen LogP contribution >= 0.6 is 0 Å². The van der Waals surface area contributed by atoms with Crippen LogP contribution in [0.25, 0.3) is 11.0 Å². The molecule has 4 heterocycles. The molecule has 7 heteroatoms. The van der Waals surface area contributed by atoms with Gasteiger partial charge in [0.2, 0.25) is 0 Å². The average Bonchev–Trinajstić information content (AvgIpc) is 3.21. The molecule has 0 saturated carbocycles. The maximum atomic E-state index is 11.4. The molecule has 2 aromatic rings. The number of aromatic nitrogens is 3. The van der Waals surface area contributed by atoms with Gasteiger partial charge in [-0.1, -0.05) is 0 Å². The summed E-state index contributed by atoms with van der Waals surface area (Å²) in [5.41, 5.74) is 0.110. The molecule has 0 aliphatic carbocycles. The number of aromatic amines is 1. The molecule has 0 radical (unpaired) electrons. The third-order valence-electron chi connectivity index (χ3n) is 7.26. The summed E-state index contributed by atoms with van der Waals surface area (Å²) < 4.78 is 0. The smallest absolute Gasteiger partial charge is 0.142 e. The molecule has 2 aliphatic rings. The van der Waals surface area contributed by atoms with Gasteiger partial charge in [-0.3, -0.25) is 0 Å². The fourth-order valence-electron chi connectivity index (χ4n) is 5.47. The highest BCUT2D eigenvalue weighted by Gasteiger charge is 2.40. The Balaban J connectivity index is 1.40. The number of nitrogens with zero attached hydrogens (tertiary/aromatic N) is 3. The van der Waals surface area contributed by atoms with E-state index in [2.05, 4.69) is 25.2 Å². The van der Waals surface area contributed by atoms with Crippen molar-refractivity contribution in [2.45, 2.75) is 57.7 Å². The molecule has 2 aliphatic heterocycles. The van der Waals surface area contributed by atoms with Crippen LogP contribution in [-0.2, 0) is 0 Å². The van der Waals surface area contributed by atoms with Crippen LogP contribution < -0.4 is 10.2 Å². The number of piperidine rings is 2. The van der Waals surface area contributed by atoms with Gasteiger partial charge < -0.3 is 25.4 Å². The molecular formula is C22H35N5O2. The predicted octanol–water partition coefficient (Wildman–Crippen LogP) is 2.31. The fraction of sp³-hybridized carbons (Fsp3) is 0.727. The molecule has 3 atom stereocenters. The molecule has 0 aromatic carbocycles. The Morgan fingerprint density at radius 1 is 1.21 bits per heavy atom. The first-order valence-corrected chi connectivity index (χ1v) is 11.1. The standard InChI is InChI=1S/C22H35N5O2/c1-15(28)19(16-3-8-23-9-4-16)13-22(2,29)17-6-11-27(12-7-17)21-18-5-10-24-20(18)25-14-26-21/h5,10,14-17,19,23,28-29H,3-4,6-9,11-13H2,1-2H3,(H,24,25,26). The molecule has 0 bridgehead atoms. The molecule has 3 unspecified atom stereocenters. The Morgan fingerprint density at radius 3 is 2.62 bits per heavy atom. The van der Waals surface area contributed by atoms with Crippen LogP contribution in [0.2, 0.25) is 0 Å². The largest absolute Gasteiger partial charge is 0.393 e. The Labute approximate surface area is 172 Å². The Morgan fingerprint density at radius 2 is 1.93 bits per heavy atom. The van der Waals surface area contributed by atoms with Crippen LogP contribution in [0.1, 0.15) is 46.0 Å². The van der Waals surface area contributed by atoms with Crippen molar-refractivity contribution in [2.75, 3.05) is 31.1 Å². The number of rotatable bonds is 6. The summed E-state index contributed by atoms with van der Waals surface area (Å²) in [4.78, 5) is 14.3. The number of aliphatic hydroxyl groups excluding tert-OH is 1. The van der Waals surface area contributed by atoms with Gasteiger partial charge in [-0.2, -0.15) is 0 Å². The van der Waals surface area contributed by atoms with Crippen LogP contribution in [-0.4, -0.2) is 63.0 Å². The maximum absolute atomic E-state index is 11.4. The molecule has 0 spiro atoms. The van der Waals surface area contributed by atoms with Crippen molar-refractivity contribution in [1.82, 2.24) is 20.3 Å². The molecule has 2 fully saturated rings. The van der Waals surface area contributed by atoms with Crippen LogP contribution in [0.15, 0.2) is 18.6 Å². The first-order chi connectivity index (χ1) is 14.0. The average molecular weight is 402 g/mol. The molecule has 2 aromatic heterocycles. The second kappa shape index (κ2) is 8.58. The van der Waals surface area contributed by atoms with Gasteiger partial charge >= 0.3 is 0 Å². The molecule has 0 amide bonds. The van der Waals surface area contributed by atoms with E-state index in [9.17, 15) is 10.2 Å². The number of anilines is 1.